The predicted molar refractivity (Wildman–Crippen MR) is 127 cm³/mol. The highest BCUT2D eigenvalue weighted by Crippen LogP contribution is 2.33. The molecule has 0 saturated heterocycles. The van der Waals surface area contributed by atoms with Crippen molar-refractivity contribution < 1.29 is 19.4 Å². The predicted octanol–water partition coefficient (Wildman–Crippen LogP) is 6.69. The summed E-state index contributed by atoms with van der Waals surface area (Å²) in [5, 5.41) is 10.2. The Morgan fingerprint density at radius 1 is 0.935 bits per heavy atom. The fourth-order valence-electron chi connectivity index (χ4n) is 2.88. The standard InChI is InChI=1S/C24H20Cl2O4S/c1-29-23-14-20(10-11-22(23)30-15-24(27)28)31-13-12-21(16-2-6-18(25)7-3-16)17-4-8-19(26)9-5-17/h2-12,14H,13,15H2,1H3,(H,27,28). The first-order valence-electron chi connectivity index (χ1n) is 9.33. The van der Waals surface area contributed by atoms with Gasteiger partial charge in [0.15, 0.2) is 18.1 Å². The van der Waals surface area contributed by atoms with Crippen LogP contribution in [0.3, 0.4) is 0 Å². The van der Waals surface area contributed by atoms with Crippen molar-refractivity contribution in [2.75, 3.05) is 19.5 Å². The molecule has 0 atom stereocenters. The smallest absolute Gasteiger partial charge is 0.341 e. The number of carboxylic acid groups (broad SMARTS) is 1. The Labute approximate surface area is 195 Å². The fraction of sp³-hybridized carbons (Fsp3) is 0.125. The zero-order valence-electron chi connectivity index (χ0n) is 16.7. The summed E-state index contributed by atoms with van der Waals surface area (Å²) in [6.07, 6.45) is 2.15. The topological polar surface area (TPSA) is 55.8 Å². The van der Waals surface area contributed by atoms with E-state index in [1.807, 2.05) is 60.7 Å². The molecule has 0 aromatic heterocycles. The molecule has 0 bridgehead atoms. The molecule has 3 aromatic rings. The highest BCUT2D eigenvalue weighted by molar-refractivity contribution is 7.99. The van der Waals surface area contributed by atoms with Crippen LogP contribution in [0.15, 0.2) is 77.7 Å². The summed E-state index contributed by atoms with van der Waals surface area (Å²) in [6.45, 7) is -0.420. The van der Waals surface area contributed by atoms with Crippen molar-refractivity contribution >= 4 is 46.5 Å². The van der Waals surface area contributed by atoms with E-state index in [0.29, 0.717) is 27.3 Å². The van der Waals surface area contributed by atoms with E-state index in [1.54, 1.807) is 17.8 Å². The monoisotopic (exact) mass is 474 g/mol. The number of halogens is 2. The van der Waals surface area contributed by atoms with Crippen LogP contribution < -0.4 is 9.47 Å². The van der Waals surface area contributed by atoms with Gasteiger partial charge < -0.3 is 14.6 Å². The van der Waals surface area contributed by atoms with Crippen LogP contribution in [0.1, 0.15) is 11.1 Å². The van der Waals surface area contributed by atoms with Gasteiger partial charge in [0.05, 0.1) is 7.11 Å². The van der Waals surface area contributed by atoms with Gasteiger partial charge in [0.1, 0.15) is 0 Å². The van der Waals surface area contributed by atoms with Gasteiger partial charge in [-0.25, -0.2) is 4.79 Å². The molecule has 0 spiro atoms. The van der Waals surface area contributed by atoms with Crippen LogP contribution in [0.5, 0.6) is 11.5 Å². The number of carboxylic acids is 1. The summed E-state index contributed by atoms with van der Waals surface area (Å²) in [6, 6.07) is 20.9. The Morgan fingerprint density at radius 2 is 1.52 bits per heavy atom. The molecule has 0 radical (unpaired) electrons. The molecule has 0 aliphatic heterocycles. The summed E-state index contributed by atoms with van der Waals surface area (Å²) in [5.74, 6) is 0.556. The van der Waals surface area contributed by atoms with Gasteiger partial charge >= 0.3 is 5.97 Å². The molecule has 3 rings (SSSR count). The summed E-state index contributed by atoms with van der Waals surface area (Å²) in [5.41, 5.74) is 3.19. The maximum Gasteiger partial charge on any atom is 0.341 e. The minimum Gasteiger partial charge on any atom is -0.493 e. The average Bonchev–Trinajstić information content (AvgIpc) is 2.77. The van der Waals surface area contributed by atoms with Crippen molar-refractivity contribution in [3.63, 3.8) is 0 Å². The largest absolute Gasteiger partial charge is 0.493 e. The Balaban J connectivity index is 1.80. The van der Waals surface area contributed by atoms with Gasteiger partial charge in [0.2, 0.25) is 0 Å². The van der Waals surface area contributed by atoms with Crippen LogP contribution in [0, 0.1) is 0 Å². The normalized spacial score (nSPS) is 10.4. The lowest BCUT2D eigenvalue weighted by molar-refractivity contribution is -0.139. The lowest BCUT2D eigenvalue weighted by Gasteiger charge is -2.11. The number of hydrogen-bond donors (Lipinski definition) is 1. The van der Waals surface area contributed by atoms with E-state index in [0.717, 1.165) is 21.6 Å². The first-order valence-corrected chi connectivity index (χ1v) is 11.1. The third-order valence-electron chi connectivity index (χ3n) is 4.33. The molecular weight excluding hydrogens is 455 g/mol. The van der Waals surface area contributed by atoms with E-state index in [-0.39, 0.29) is 0 Å². The minimum atomic E-state index is -1.04. The van der Waals surface area contributed by atoms with Gasteiger partial charge in [-0.15, -0.1) is 11.8 Å². The number of rotatable bonds is 9. The van der Waals surface area contributed by atoms with Gasteiger partial charge in [-0.1, -0.05) is 53.5 Å². The molecule has 0 saturated carbocycles. The van der Waals surface area contributed by atoms with Crippen molar-refractivity contribution in [1.82, 2.24) is 0 Å². The molecule has 31 heavy (non-hydrogen) atoms. The van der Waals surface area contributed by atoms with Gasteiger partial charge in [-0.2, -0.15) is 0 Å². The van der Waals surface area contributed by atoms with Crippen molar-refractivity contribution in [3.8, 4) is 11.5 Å². The van der Waals surface area contributed by atoms with Crippen LogP contribution in [-0.2, 0) is 4.79 Å². The van der Waals surface area contributed by atoms with Crippen molar-refractivity contribution in [2.24, 2.45) is 0 Å². The first kappa shape index (κ1) is 23.1. The van der Waals surface area contributed by atoms with E-state index >= 15 is 0 Å². The second kappa shape index (κ2) is 11.1. The molecular formula is C24H20Cl2O4S. The van der Waals surface area contributed by atoms with Gasteiger partial charge in [-0.3, -0.25) is 0 Å². The van der Waals surface area contributed by atoms with Crippen LogP contribution in [0.25, 0.3) is 5.57 Å². The highest BCUT2D eigenvalue weighted by Gasteiger charge is 2.09. The minimum absolute atomic E-state index is 0.396. The Hall–Kier alpha value is -2.60. The maximum atomic E-state index is 10.7. The van der Waals surface area contributed by atoms with Crippen molar-refractivity contribution in [2.45, 2.75) is 4.90 Å². The number of hydrogen-bond acceptors (Lipinski definition) is 4. The molecule has 0 amide bonds. The zero-order chi connectivity index (χ0) is 22.2. The number of thioether (sulfide) groups is 1. The molecule has 0 heterocycles. The number of ether oxygens (including phenoxy) is 2. The molecule has 1 N–H and O–H groups in total. The molecule has 0 fully saturated rings. The zero-order valence-corrected chi connectivity index (χ0v) is 19.0. The van der Waals surface area contributed by atoms with E-state index in [1.165, 1.54) is 7.11 Å². The SMILES string of the molecule is COc1cc(SCC=C(c2ccc(Cl)cc2)c2ccc(Cl)cc2)ccc1OCC(=O)O. The summed E-state index contributed by atoms with van der Waals surface area (Å²) >= 11 is 13.7. The van der Waals surface area contributed by atoms with Gasteiger partial charge in [-0.05, 0) is 59.2 Å². The number of benzene rings is 3. The van der Waals surface area contributed by atoms with Crippen LogP contribution in [0.4, 0.5) is 0 Å². The quantitative estimate of drug-likeness (QED) is 0.350. The van der Waals surface area contributed by atoms with Crippen LogP contribution >= 0.6 is 35.0 Å². The van der Waals surface area contributed by atoms with Crippen LogP contribution in [0.2, 0.25) is 10.0 Å². The second-order valence-electron chi connectivity index (χ2n) is 6.44. The lowest BCUT2D eigenvalue weighted by Crippen LogP contribution is -2.10. The van der Waals surface area contributed by atoms with E-state index in [4.69, 9.17) is 37.8 Å². The molecule has 0 aliphatic rings. The highest BCUT2D eigenvalue weighted by atomic mass is 35.5. The maximum absolute atomic E-state index is 10.7. The Bertz CT molecular complexity index is 1020. The molecule has 0 unspecified atom stereocenters. The second-order valence-corrected chi connectivity index (χ2v) is 8.40. The van der Waals surface area contributed by atoms with E-state index in [9.17, 15) is 4.79 Å². The molecule has 0 aliphatic carbocycles. The van der Waals surface area contributed by atoms with Crippen molar-refractivity contribution in [3.05, 3.63) is 94.0 Å². The molecule has 4 nitrogen and oxygen atoms in total. The Kier molecular flexibility index (Phi) is 8.29. The summed E-state index contributed by atoms with van der Waals surface area (Å²) in [4.78, 5) is 11.7. The summed E-state index contributed by atoms with van der Waals surface area (Å²) < 4.78 is 10.6. The van der Waals surface area contributed by atoms with Crippen LogP contribution in [-0.4, -0.2) is 30.5 Å². The van der Waals surface area contributed by atoms with E-state index in [2.05, 4.69) is 6.08 Å². The number of methoxy groups -OCH3 is 1. The van der Waals surface area contributed by atoms with Gasteiger partial charge in [0.25, 0.3) is 0 Å². The summed E-state index contributed by atoms with van der Waals surface area (Å²) in [7, 11) is 1.52. The average molecular weight is 475 g/mol. The van der Waals surface area contributed by atoms with Crippen molar-refractivity contribution in [1.29, 1.82) is 0 Å². The van der Waals surface area contributed by atoms with E-state index < -0.39 is 12.6 Å². The van der Waals surface area contributed by atoms with Gasteiger partial charge in [0, 0.05) is 20.7 Å². The first-order chi connectivity index (χ1) is 15.0. The lowest BCUT2D eigenvalue weighted by atomic mass is 9.98. The Morgan fingerprint density at radius 3 is 2.03 bits per heavy atom. The number of carbonyl (C=O) groups is 1. The third-order valence-corrected chi connectivity index (χ3v) is 5.76. The molecule has 3 aromatic carbocycles. The fourth-order valence-corrected chi connectivity index (χ4v) is 3.93. The molecule has 7 heteroatoms. The number of aliphatic carboxylic acids is 1. The molecule has 160 valence electrons. The third kappa shape index (κ3) is 6.69.